The number of phenols is 1. The maximum atomic E-state index is 14.0. The van der Waals surface area contributed by atoms with E-state index < -0.39 is 23.4 Å². The predicted molar refractivity (Wildman–Crippen MR) is 265 cm³/mol. The lowest BCUT2D eigenvalue weighted by Crippen LogP contribution is -2.58. The molecule has 0 radical (unpaired) electrons. The Morgan fingerprint density at radius 1 is 0.882 bits per heavy atom. The Labute approximate surface area is 405 Å². The highest BCUT2D eigenvalue weighted by atomic mass is 32.1. The van der Waals surface area contributed by atoms with Gasteiger partial charge in [-0.2, -0.15) is 0 Å². The van der Waals surface area contributed by atoms with Crippen molar-refractivity contribution in [2.75, 3.05) is 59.7 Å². The number of ether oxygens (including phenoxy) is 4. The first-order chi connectivity index (χ1) is 32.6. The molecule has 6 aromatic rings. The molecule has 16 heteroatoms. The van der Waals surface area contributed by atoms with Gasteiger partial charge in [-0.1, -0.05) is 57.2 Å². The van der Waals surface area contributed by atoms with Crippen LogP contribution >= 0.6 is 22.7 Å². The number of carbonyl (C=O) groups excluding carboxylic acids is 3. The Hall–Kier alpha value is -5.91. The second-order valence-electron chi connectivity index (χ2n) is 18.0. The lowest BCUT2D eigenvalue weighted by molar-refractivity contribution is -0.144. The Bertz CT molecular complexity index is 2630. The van der Waals surface area contributed by atoms with Crippen molar-refractivity contribution in [3.8, 4) is 43.9 Å². The number of carbonyl (C=O) groups is 3. The van der Waals surface area contributed by atoms with Crippen molar-refractivity contribution in [3.05, 3.63) is 114 Å². The van der Waals surface area contributed by atoms with E-state index in [4.69, 9.17) is 18.9 Å². The molecule has 13 nitrogen and oxygen atoms in total. The summed E-state index contributed by atoms with van der Waals surface area (Å²) in [5, 5.41) is 16.9. The summed E-state index contributed by atoms with van der Waals surface area (Å²) in [4.78, 5) is 50.7. The fourth-order valence-corrected chi connectivity index (χ4v) is 9.91. The van der Waals surface area contributed by atoms with E-state index >= 15 is 0 Å². The summed E-state index contributed by atoms with van der Waals surface area (Å²) in [6.45, 7) is 12.5. The van der Waals surface area contributed by atoms with Crippen molar-refractivity contribution in [1.29, 1.82) is 0 Å². The molecule has 1 aliphatic rings. The van der Waals surface area contributed by atoms with E-state index in [9.17, 15) is 23.9 Å². The van der Waals surface area contributed by atoms with Crippen LogP contribution in [0, 0.1) is 18.2 Å². The number of likely N-dealkylation sites (N-methyl/N-ethyl adjacent to an activating group) is 1. The molecule has 3 heterocycles. The molecule has 0 saturated carbocycles. The molecule has 0 spiro atoms. The van der Waals surface area contributed by atoms with Crippen molar-refractivity contribution in [1.82, 2.24) is 25.4 Å². The zero-order valence-corrected chi connectivity index (χ0v) is 41.0. The number of amides is 3. The molecule has 360 valence electrons. The molecular formula is C52H60FN5O8S2. The number of thiazole rings is 1. The summed E-state index contributed by atoms with van der Waals surface area (Å²) in [6, 6.07) is 25.1. The quantitative estimate of drug-likeness (QED) is 0.0596. The molecular weight excluding hydrogens is 906 g/mol. The van der Waals surface area contributed by atoms with Crippen LogP contribution in [0.5, 0.6) is 23.0 Å². The van der Waals surface area contributed by atoms with Crippen LogP contribution in [0.4, 0.5) is 4.39 Å². The number of likely N-dealkylation sites (tertiary alicyclic amines) is 1. The summed E-state index contributed by atoms with van der Waals surface area (Å²) in [6.07, 6.45) is 1.24. The van der Waals surface area contributed by atoms with Crippen LogP contribution < -0.4 is 20.1 Å². The van der Waals surface area contributed by atoms with Crippen molar-refractivity contribution >= 4 is 50.5 Å². The number of hydrogen-bond acceptors (Lipinski definition) is 12. The van der Waals surface area contributed by atoms with Crippen molar-refractivity contribution < 1.29 is 42.8 Å². The standard InChI is InChI=1S/C52H60FN5O8S2/c1-33(35-9-11-36(12-10-35)47-34(2)54-32-67-47)55-50(61)43-8-7-23-58(43)51(62)49(52(3,4)5)56-45(60)31-64-29-28-63-26-24-57(6)25-27-65-40-18-20-41(21-19-40)66-46-42-22-17-39(59)30-44(42)68-48(46)37-13-15-38(53)16-14-37/h9-22,30,32-33,43,49,59H,7-8,23-29,31H2,1-6H3,(H,55,61)(H,56,60)/t33-,43-,49?/m0/s1. The van der Waals surface area contributed by atoms with Crippen molar-refractivity contribution in [2.24, 2.45) is 5.41 Å². The Morgan fingerprint density at radius 2 is 1.56 bits per heavy atom. The summed E-state index contributed by atoms with van der Waals surface area (Å²) >= 11 is 3.06. The lowest BCUT2D eigenvalue weighted by Gasteiger charge is -2.35. The van der Waals surface area contributed by atoms with Crippen LogP contribution in [0.15, 0.2) is 96.5 Å². The molecule has 1 aliphatic heterocycles. The summed E-state index contributed by atoms with van der Waals surface area (Å²) in [5.74, 6) is 0.853. The van der Waals surface area contributed by atoms with Crippen molar-refractivity contribution in [2.45, 2.75) is 65.6 Å². The summed E-state index contributed by atoms with van der Waals surface area (Å²) < 4.78 is 38.3. The maximum absolute atomic E-state index is 14.0. The fraction of sp³-hybridized carbons (Fsp3) is 0.385. The van der Waals surface area contributed by atoms with Gasteiger partial charge in [-0.15, -0.1) is 22.7 Å². The minimum Gasteiger partial charge on any atom is -0.508 e. The normalized spacial score (nSPS) is 14.8. The molecule has 7 rings (SSSR count). The Balaban J connectivity index is 0.783. The minimum atomic E-state index is -0.852. The van der Waals surface area contributed by atoms with Gasteiger partial charge in [-0.3, -0.25) is 14.4 Å². The zero-order chi connectivity index (χ0) is 48.4. The molecule has 1 saturated heterocycles. The monoisotopic (exact) mass is 965 g/mol. The first-order valence-corrected chi connectivity index (χ1v) is 24.5. The third-order valence-electron chi connectivity index (χ3n) is 11.8. The number of halogens is 1. The first-order valence-electron chi connectivity index (χ1n) is 22.8. The Kier molecular flexibility index (Phi) is 16.9. The molecule has 1 unspecified atom stereocenters. The third-order valence-corrected chi connectivity index (χ3v) is 13.9. The number of aromatic hydroxyl groups is 1. The smallest absolute Gasteiger partial charge is 0.246 e. The first kappa shape index (κ1) is 50.0. The van der Waals surface area contributed by atoms with E-state index in [0.717, 1.165) is 42.2 Å². The van der Waals surface area contributed by atoms with Gasteiger partial charge in [-0.05, 0) is 110 Å². The van der Waals surface area contributed by atoms with Crippen LogP contribution in [0.3, 0.4) is 0 Å². The molecule has 3 amide bonds. The van der Waals surface area contributed by atoms with Crippen LogP contribution in [-0.2, 0) is 23.9 Å². The maximum Gasteiger partial charge on any atom is 0.246 e. The van der Waals surface area contributed by atoms with Gasteiger partial charge in [0.1, 0.15) is 48.4 Å². The largest absolute Gasteiger partial charge is 0.508 e. The number of fused-ring (bicyclic) bond motifs is 1. The molecule has 4 aromatic carbocycles. The van der Waals surface area contributed by atoms with Crippen LogP contribution in [0.25, 0.3) is 31.0 Å². The number of hydrogen-bond donors (Lipinski definition) is 3. The van der Waals surface area contributed by atoms with Gasteiger partial charge in [-0.25, -0.2) is 9.37 Å². The molecule has 3 atom stereocenters. The average molecular weight is 966 g/mol. The van der Waals surface area contributed by atoms with Crippen molar-refractivity contribution in [3.63, 3.8) is 0 Å². The highest BCUT2D eigenvalue weighted by Crippen LogP contribution is 2.47. The van der Waals surface area contributed by atoms with E-state index in [1.54, 1.807) is 40.5 Å². The lowest BCUT2D eigenvalue weighted by atomic mass is 9.85. The van der Waals surface area contributed by atoms with E-state index in [0.29, 0.717) is 69.5 Å². The molecule has 0 aliphatic carbocycles. The van der Waals surface area contributed by atoms with Gasteiger partial charge in [0.2, 0.25) is 17.7 Å². The van der Waals surface area contributed by atoms with Gasteiger partial charge in [0, 0.05) is 29.7 Å². The van der Waals surface area contributed by atoms with E-state index in [2.05, 4.69) is 20.5 Å². The molecule has 3 N–H and O–H groups in total. The SMILES string of the molecule is Cc1ncsc1-c1ccc([C@H](C)NC(=O)[C@@H]2CCCN2C(=O)C(NC(=O)COCCOCCN(C)CCOc2ccc(Oc3c(-c4ccc(F)cc4)sc4cc(O)ccc34)cc2)C(C)(C)C)cc1. The number of aryl methyl sites for hydroxylation is 1. The number of phenolic OH excluding ortho intramolecular Hbond substituents is 1. The molecule has 1 fully saturated rings. The van der Waals surface area contributed by atoms with Crippen LogP contribution in [-0.4, -0.2) is 109 Å². The van der Waals surface area contributed by atoms with E-state index in [-0.39, 0.29) is 42.6 Å². The van der Waals surface area contributed by atoms with Crippen LogP contribution in [0.2, 0.25) is 0 Å². The van der Waals surface area contributed by atoms with Gasteiger partial charge >= 0.3 is 0 Å². The van der Waals surface area contributed by atoms with E-state index in [1.807, 2.05) is 102 Å². The second kappa shape index (κ2) is 22.9. The fourth-order valence-electron chi connectivity index (χ4n) is 7.93. The zero-order valence-electron chi connectivity index (χ0n) is 39.4. The van der Waals surface area contributed by atoms with Gasteiger partial charge in [0.25, 0.3) is 0 Å². The number of rotatable bonds is 21. The second-order valence-corrected chi connectivity index (χ2v) is 19.9. The van der Waals surface area contributed by atoms with Gasteiger partial charge in [0.15, 0.2) is 5.75 Å². The molecule has 2 aromatic heterocycles. The summed E-state index contributed by atoms with van der Waals surface area (Å²) in [7, 11) is 1.98. The Morgan fingerprint density at radius 3 is 2.26 bits per heavy atom. The van der Waals surface area contributed by atoms with E-state index in [1.165, 1.54) is 23.5 Å². The number of thiophene rings is 1. The number of nitrogens with one attached hydrogen (secondary N) is 2. The third kappa shape index (κ3) is 13.0. The number of benzene rings is 4. The number of aromatic nitrogens is 1. The average Bonchev–Trinajstić information content (AvgIpc) is 4.07. The van der Waals surface area contributed by atoms with Gasteiger partial charge < -0.3 is 44.5 Å². The van der Waals surface area contributed by atoms with Crippen LogP contribution in [0.1, 0.15) is 57.8 Å². The minimum absolute atomic E-state index is 0.159. The highest BCUT2D eigenvalue weighted by Gasteiger charge is 2.42. The van der Waals surface area contributed by atoms with Gasteiger partial charge in [0.05, 0.1) is 46.8 Å². The topological polar surface area (TPSA) is 152 Å². The number of nitrogens with zero attached hydrogens (tertiary/aromatic N) is 3. The predicted octanol–water partition coefficient (Wildman–Crippen LogP) is 9.38. The highest BCUT2D eigenvalue weighted by molar-refractivity contribution is 7.22. The molecule has 0 bridgehead atoms. The summed E-state index contributed by atoms with van der Waals surface area (Å²) in [5.41, 5.74) is 5.05. The molecule has 68 heavy (non-hydrogen) atoms.